The van der Waals surface area contributed by atoms with E-state index >= 15 is 0 Å². The van der Waals surface area contributed by atoms with Crippen LogP contribution in [0, 0.1) is 0 Å². The highest BCUT2D eigenvalue weighted by Crippen LogP contribution is 2.16. The Hall–Kier alpha value is -1.40. The number of nitrogens with one attached hydrogen (secondary N) is 2. The molecule has 0 unspecified atom stereocenters. The van der Waals surface area contributed by atoms with Gasteiger partial charge in [0.1, 0.15) is 0 Å². The first-order chi connectivity index (χ1) is 10.4. The summed E-state index contributed by atoms with van der Waals surface area (Å²) in [6.07, 6.45) is 0.903. The van der Waals surface area contributed by atoms with E-state index in [9.17, 15) is 9.59 Å². The van der Waals surface area contributed by atoms with Crippen molar-refractivity contribution in [2.24, 2.45) is 0 Å². The van der Waals surface area contributed by atoms with Crippen LogP contribution in [-0.4, -0.2) is 43.4 Å². The number of nitrogens with zero attached hydrogens (tertiary/aromatic N) is 1. The van der Waals surface area contributed by atoms with Gasteiger partial charge in [-0.05, 0) is 38.1 Å². The molecule has 0 aliphatic rings. The maximum absolute atomic E-state index is 12.0. The predicted octanol–water partition coefficient (Wildman–Crippen LogP) is 2.08. The molecule has 0 radical (unpaired) electrons. The molecule has 0 bridgehead atoms. The van der Waals surface area contributed by atoms with Crippen molar-refractivity contribution in [2.75, 3.05) is 26.7 Å². The highest BCUT2D eigenvalue weighted by atomic mass is 79.9. The fourth-order valence-electron chi connectivity index (χ4n) is 1.99. The third kappa shape index (κ3) is 7.04. The van der Waals surface area contributed by atoms with E-state index in [0.717, 1.165) is 16.5 Å². The SMILES string of the molecule is CCCNC(=O)CN(C)CC(=O)N[C@H](C)c1ccc(Br)cc1. The summed E-state index contributed by atoms with van der Waals surface area (Å²) in [5, 5.41) is 5.73. The van der Waals surface area contributed by atoms with Gasteiger partial charge in [-0.15, -0.1) is 0 Å². The van der Waals surface area contributed by atoms with Crippen LogP contribution < -0.4 is 10.6 Å². The molecule has 1 rings (SSSR count). The highest BCUT2D eigenvalue weighted by molar-refractivity contribution is 9.10. The molecule has 1 aromatic rings. The lowest BCUT2D eigenvalue weighted by atomic mass is 10.1. The van der Waals surface area contributed by atoms with Gasteiger partial charge in [0.15, 0.2) is 0 Å². The minimum atomic E-state index is -0.0961. The summed E-state index contributed by atoms with van der Waals surface area (Å²) in [5.41, 5.74) is 1.04. The summed E-state index contributed by atoms with van der Waals surface area (Å²) in [6, 6.07) is 7.76. The molecular formula is C16H24BrN3O2. The maximum atomic E-state index is 12.0. The Balaban J connectivity index is 2.38. The summed E-state index contributed by atoms with van der Waals surface area (Å²) in [7, 11) is 1.76. The summed E-state index contributed by atoms with van der Waals surface area (Å²) >= 11 is 3.39. The number of hydrogen-bond acceptors (Lipinski definition) is 3. The lowest BCUT2D eigenvalue weighted by Crippen LogP contribution is -2.41. The van der Waals surface area contributed by atoms with Crippen LogP contribution in [0.25, 0.3) is 0 Å². The van der Waals surface area contributed by atoms with E-state index in [1.165, 1.54) is 0 Å². The third-order valence-electron chi connectivity index (χ3n) is 3.15. The molecule has 122 valence electrons. The van der Waals surface area contributed by atoms with Crippen LogP contribution in [-0.2, 0) is 9.59 Å². The monoisotopic (exact) mass is 369 g/mol. The van der Waals surface area contributed by atoms with E-state index in [1.54, 1.807) is 11.9 Å². The number of rotatable bonds is 8. The van der Waals surface area contributed by atoms with Crippen molar-refractivity contribution in [3.8, 4) is 0 Å². The number of amides is 2. The topological polar surface area (TPSA) is 61.4 Å². The Bertz CT molecular complexity index is 491. The average molecular weight is 370 g/mol. The van der Waals surface area contributed by atoms with E-state index in [-0.39, 0.29) is 30.9 Å². The quantitative estimate of drug-likeness (QED) is 0.737. The van der Waals surface area contributed by atoms with Crippen molar-refractivity contribution < 1.29 is 9.59 Å². The van der Waals surface area contributed by atoms with Crippen LogP contribution >= 0.6 is 15.9 Å². The second-order valence-corrected chi connectivity index (χ2v) is 6.28. The van der Waals surface area contributed by atoms with E-state index in [1.807, 2.05) is 38.1 Å². The molecule has 0 heterocycles. The Morgan fingerprint density at radius 1 is 1.18 bits per heavy atom. The second kappa shape index (κ2) is 9.58. The number of carbonyl (C=O) groups is 2. The summed E-state index contributed by atoms with van der Waals surface area (Å²) < 4.78 is 1.01. The highest BCUT2D eigenvalue weighted by Gasteiger charge is 2.13. The number of likely N-dealkylation sites (N-methyl/N-ethyl adjacent to an activating group) is 1. The Morgan fingerprint density at radius 2 is 1.77 bits per heavy atom. The second-order valence-electron chi connectivity index (χ2n) is 5.36. The van der Waals surface area contributed by atoms with Gasteiger partial charge in [-0.3, -0.25) is 14.5 Å². The minimum absolute atomic E-state index is 0.0573. The molecule has 0 aliphatic heterocycles. The van der Waals surface area contributed by atoms with Gasteiger partial charge in [-0.25, -0.2) is 0 Å². The zero-order chi connectivity index (χ0) is 16.5. The number of carbonyl (C=O) groups excluding carboxylic acids is 2. The van der Waals surface area contributed by atoms with Crippen molar-refractivity contribution >= 4 is 27.7 Å². The summed E-state index contributed by atoms with van der Waals surface area (Å²) in [4.78, 5) is 25.3. The molecule has 0 aliphatic carbocycles. The van der Waals surface area contributed by atoms with Crippen molar-refractivity contribution in [2.45, 2.75) is 26.3 Å². The van der Waals surface area contributed by atoms with E-state index < -0.39 is 0 Å². The van der Waals surface area contributed by atoms with Crippen molar-refractivity contribution in [1.29, 1.82) is 0 Å². The van der Waals surface area contributed by atoms with Crippen LogP contribution in [0.3, 0.4) is 0 Å². The Morgan fingerprint density at radius 3 is 2.36 bits per heavy atom. The molecule has 0 saturated carbocycles. The largest absolute Gasteiger partial charge is 0.355 e. The molecule has 1 aromatic carbocycles. The summed E-state index contributed by atoms with van der Waals surface area (Å²) in [5.74, 6) is -0.153. The normalized spacial score (nSPS) is 12.0. The Kier molecular flexibility index (Phi) is 8.12. The molecule has 2 amide bonds. The van der Waals surface area contributed by atoms with Gasteiger partial charge < -0.3 is 10.6 Å². The lowest BCUT2D eigenvalue weighted by Gasteiger charge is -2.19. The molecule has 0 aromatic heterocycles. The first kappa shape index (κ1) is 18.6. The number of halogens is 1. The van der Waals surface area contributed by atoms with Gasteiger partial charge in [0.05, 0.1) is 19.1 Å². The first-order valence-electron chi connectivity index (χ1n) is 7.42. The van der Waals surface area contributed by atoms with Crippen molar-refractivity contribution in [1.82, 2.24) is 15.5 Å². The van der Waals surface area contributed by atoms with Gasteiger partial charge >= 0.3 is 0 Å². The van der Waals surface area contributed by atoms with Gasteiger partial charge in [-0.1, -0.05) is 35.0 Å². The van der Waals surface area contributed by atoms with Crippen LogP contribution in [0.15, 0.2) is 28.7 Å². The molecular weight excluding hydrogens is 346 g/mol. The van der Waals surface area contributed by atoms with Gasteiger partial charge in [-0.2, -0.15) is 0 Å². The fourth-order valence-corrected chi connectivity index (χ4v) is 2.25. The van der Waals surface area contributed by atoms with E-state index in [2.05, 4.69) is 26.6 Å². The zero-order valence-electron chi connectivity index (χ0n) is 13.4. The molecule has 0 fully saturated rings. The number of benzene rings is 1. The maximum Gasteiger partial charge on any atom is 0.234 e. The van der Waals surface area contributed by atoms with Crippen molar-refractivity contribution in [3.05, 3.63) is 34.3 Å². The van der Waals surface area contributed by atoms with Gasteiger partial charge in [0.25, 0.3) is 0 Å². The first-order valence-corrected chi connectivity index (χ1v) is 8.21. The zero-order valence-corrected chi connectivity index (χ0v) is 14.9. The summed E-state index contributed by atoms with van der Waals surface area (Å²) in [6.45, 7) is 5.02. The average Bonchev–Trinajstić information content (AvgIpc) is 2.45. The minimum Gasteiger partial charge on any atom is -0.355 e. The van der Waals surface area contributed by atoms with Crippen molar-refractivity contribution in [3.63, 3.8) is 0 Å². The predicted molar refractivity (Wildman–Crippen MR) is 91.5 cm³/mol. The van der Waals surface area contributed by atoms with Gasteiger partial charge in [0, 0.05) is 11.0 Å². The molecule has 0 saturated heterocycles. The Labute approximate surface area is 140 Å². The van der Waals surface area contributed by atoms with Crippen LogP contribution in [0.2, 0.25) is 0 Å². The van der Waals surface area contributed by atoms with Gasteiger partial charge in [0.2, 0.25) is 11.8 Å². The standard InChI is InChI=1S/C16H24BrN3O2/c1-4-9-18-15(21)10-20(3)11-16(22)19-12(2)13-5-7-14(17)8-6-13/h5-8,12H,4,9-11H2,1-3H3,(H,18,21)(H,19,22)/t12-/m1/s1. The van der Waals surface area contributed by atoms with Crippen LogP contribution in [0.1, 0.15) is 31.9 Å². The molecule has 1 atom stereocenters. The molecule has 6 heteroatoms. The third-order valence-corrected chi connectivity index (χ3v) is 3.68. The molecule has 22 heavy (non-hydrogen) atoms. The smallest absolute Gasteiger partial charge is 0.234 e. The lowest BCUT2D eigenvalue weighted by molar-refractivity contribution is -0.124. The molecule has 2 N–H and O–H groups in total. The van der Waals surface area contributed by atoms with E-state index in [0.29, 0.717) is 6.54 Å². The fraction of sp³-hybridized carbons (Fsp3) is 0.500. The molecule has 0 spiro atoms. The van der Waals surface area contributed by atoms with Crippen LogP contribution in [0.4, 0.5) is 0 Å². The van der Waals surface area contributed by atoms with E-state index in [4.69, 9.17) is 0 Å². The molecule has 5 nitrogen and oxygen atoms in total. The van der Waals surface area contributed by atoms with Crippen LogP contribution in [0.5, 0.6) is 0 Å². The number of hydrogen-bond donors (Lipinski definition) is 2.